The Kier molecular flexibility index (Phi) is 4.40. The Balaban J connectivity index is 1.83. The van der Waals surface area contributed by atoms with Crippen LogP contribution < -0.4 is 5.32 Å². The molecule has 0 saturated heterocycles. The minimum atomic E-state index is -2.37. The summed E-state index contributed by atoms with van der Waals surface area (Å²) in [6.45, 7) is 1.06. The number of nitrogens with one attached hydrogen (secondary N) is 1. The van der Waals surface area contributed by atoms with Crippen LogP contribution in [0.5, 0.6) is 0 Å². The summed E-state index contributed by atoms with van der Waals surface area (Å²) in [5.74, 6) is -0.668. The van der Waals surface area contributed by atoms with E-state index in [0.29, 0.717) is 5.92 Å². The maximum atomic E-state index is 13.4. The van der Waals surface area contributed by atoms with Gasteiger partial charge in [-0.25, -0.2) is 8.78 Å². The zero-order valence-corrected chi connectivity index (χ0v) is 10.9. The molecule has 3 atom stereocenters. The Labute approximate surface area is 103 Å². The second kappa shape index (κ2) is 5.64. The van der Waals surface area contributed by atoms with Crippen LogP contribution in [0.2, 0.25) is 0 Å². The highest BCUT2D eigenvalue weighted by atomic mass is 19.3. The molecule has 0 aromatic rings. The molecule has 0 aromatic carbocycles. The fraction of sp³-hybridized carbons (Fsp3) is 1.00. The molecular weight excluding hydrogens is 220 g/mol. The van der Waals surface area contributed by atoms with E-state index in [4.69, 9.17) is 0 Å². The summed E-state index contributed by atoms with van der Waals surface area (Å²) in [5, 5.41) is 3.24. The van der Waals surface area contributed by atoms with Gasteiger partial charge in [0.2, 0.25) is 5.92 Å². The minimum absolute atomic E-state index is 0.119. The Morgan fingerprint density at radius 1 is 1.12 bits per heavy atom. The van der Waals surface area contributed by atoms with Crippen LogP contribution in [0.15, 0.2) is 0 Å². The van der Waals surface area contributed by atoms with Crippen molar-refractivity contribution in [1.82, 2.24) is 5.32 Å². The minimum Gasteiger partial charge on any atom is -0.319 e. The molecule has 0 amide bonds. The van der Waals surface area contributed by atoms with E-state index in [1.54, 1.807) is 0 Å². The molecule has 1 N–H and O–H groups in total. The van der Waals surface area contributed by atoms with Gasteiger partial charge in [-0.3, -0.25) is 0 Å². The van der Waals surface area contributed by atoms with E-state index in [1.807, 2.05) is 7.05 Å². The molecular formula is C14H25F2N. The summed E-state index contributed by atoms with van der Waals surface area (Å²) in [7, 11) is 1.99. The van der Waals surface area contributed by atoms with Gasteiger partial charge >= 0.3 is 0 Å². The van der Waals surface area contributed by atoms with Crippen LogP contribution in [0.25, 0.3) is 0 Å². The first-order valence-corrected chi connectivity index (χ1v) is 7.13. The molecule has 100 valence electrons. The van der Waals surface area contributed by atoms with Crippen LogP contribution in [0.4, 0.5) is 8.78 Å². The molecule has 2 saturated carbocycles. The lowest BCUT2D eigenvalue weighted by atomic mass is 9.78. The van der Waals surface area contributed by atoms with Crippen molar-refractivity contribution >= 4 is 0 Å². The summed E-state index contributed by atoms with van der Waals surface area (Å²) >= 11 is 0. The van der Waals surface area contributed by atoms with Crippen molar-refractivity contribution in [2.45, 2.75) is 57.3 Å². The molecule has 0 aromatic heterocycles. The number of alkyl halides is 2. The molecule has 0 bridgehead atoms. The Morgan fingerprint density at radius 3 is 2.59 bits per heavy atom. The van der Waals surface area contributed by atoms with Gasteiger partial charge in [0.1, 0.15) is 0 Å². The van der Waals surface area contributed by atoms with Crippen molar-refractivity contribution in [3.63, 3.8) is 0 Å². The third-order valence-electron chi connectivity index (χ3n) is 4.66. The lowest BCUT2D eigenvalue weighted by Crippen LogP contribution is -2.29. The van der Waals surface area contributed by atoms with Crippen molar-refractivity contribution in [2.24, 2.45) is 17.8 Å². The SMILES string of the molecule is CNCC1CCCC1CC1CCCC(F)(F)C1. The predicted molar refractivity (Wildman–Crippen MR) is 66.3 cm³/mol. The smallest absolute Gasteiger partial charge is 0.248 e. The van der Waals surface area contributed by atoms with Gasteiger partial charge in [0.15, 0.2) is 0 Å². The van der Waals surface area contributed by atoms with E-state index in [1.165, 1.54) is 19.3 Å². The van der Waals surface area contributed by atoms with Gasteiger partial charge in [-0.1, -0.05) is 19.3 Å². The van der Waals surface area contributed by atoms with Crippen molar-refractivity contribution in [3.8, 4) is 0 Å². The van der Waals surface area contributed by atoms with E-state index in [9.17, 15) is 8.78 Å². The van der Waals surface area contributed by atoms with Gasteiger partial charge in [-0.15, -0.1) is 0 Å². The number of hydrogen-bond acceptors (Lipinski definition) is 1. The molecule has 3 heteroatoms. The fourth-order valence-electron chi connectivity index (χ4n) is 3.86. The van der Waals surface area contributed by atoms with Crippen LogP contribution in [-0.4, -0.2) is 19.5 Å². The molecule has 2 rings (SSSR count). The lowest BCUT2D eigenvalue weighted by Gasteiger charge is -2.32. The van der Waals surface area contributed by atoms with Crippen LogP contribution in [0, 0.1) is 17.8 Å². The summed E-state index contributed by atoms with van der Waals surface area (Å²) in [4.78, 5) is 0. The maximum Gasteiger partial charge on any atom is 0.248 e. The highest BCUT2D eigenvalue weighted by molar-refractivity contribution is 4.85. The molecule has 0 radical (unpaired) electrons. The van der Waals surface area contributed by atoms with Crippen LogP contribution in [0.3, 0.4) is 0 Å². The van der Waals surface area contributed by atoms with Gasteiger partial charge in [0.25, 0.3) is 0 Å². The van der Waals surface area contributed by atoms with Crippen molar-refractivity contribution < 1.29 is 8.78 Å². The number of halogens is 2. The van der Waals surface area contributed by atoms with E-state index < -0.39 is 5.92 Å². The van der Waals surface area contributed by atoms with E-state index >= 15 is 0 Å². The summed E-state index contributed by atoms with van der Waals surface area (Å²) in [6, 6.07) is 0. The normalized spacial score (nSPS) is 37.2. The summed E-state index contributed by atoms with van der Waals surface area (Å²) in [5.41, 5.74) is 0. The third kappa shape index (κ3) is 3.64. The van der Waals surface area contributed by atoms with Crippen molar-refractivity contribution in [1.29, 1.82) is 0 Å². The second-order valence-electron chi connectivity index (χ2n) is 6.06. The van der Waals surface area contributed by atoms with Gasteiger partial charge in [-0.2, -0.15) is 0 Å². The van der Waals surface area contributed by atoms with Crippen LogP contribution in [-0.2, 0) is 0 Å². The van der Waals surface area contributed by atoms with Gasteiger partial charge in [0, 0.05) is 12.8 Å². The van der Waals surface area contributed by atoms with E-state index in [2.05, 4.69) is 5.32 Å². The first-order chi connectivity index (χ1) is 8.11. The Hall–Kier alpha value is -0.180. The first-order valence-electron chi connectivity index (χ1n) is 7.13. The molecule has 2 fully saturated rings. The quantitative estimate of drug-likeness (QED) is 0.793. The maximum absolute atomic E-state index is 13.4. The van der Waals surface area contributed by atoms with Gasteiger partial charge in [-0.05, 0) is 50.6 Å². The van der Waals surface area contributed by atoms with E-state index in [-0.39, 0.29) is 18.8 Å². The van der Waals surface area contributed by atoms with Crippen LogP contribution in [0.1, 0.15) is 51.4 Å². The molecule has 2 aliphatic rings. The zero-order chi connectivity index (χ0) is 12.3. The lowest BCUT2D eigenvalue weighted by molar-refractivity contribution is -0.0563. The highest BCUT2D eigenvalue weighted by Gasteiger charge is 2.38. The number of hydrogen-bond donors (Lipinski definition) is 1. The third-order valence-corrected chi connectivity index (χ3v) is 4.66. The largest absolute Gasteiger partial charge is 0.319 e. The molecule has 1 nitrogen and oxygen atoms in total. The molecule has 0 aliphatic heterocycles. The van der Waals surface area contributed by atoms with Crippen LogP contribution >= 0.6 is 0 Å². The summed E-state index contributed by atoms with van der Waals surface area (Å²) in [6.07, 6.45) is 6.90. The van der Waals surface area contributed by atoms with Gasteiger partial charge < -0.3 is 5.32 Å². The standard InChI is InChI=1S/C14H25F2N/c1-17-10-13-6-2-5-12(13)8-11-4-3-7-14(15,16)9-11/h11-13,17H,2-10H2,1H3. The topological polar surface area (TPSA) is 12.0 Å². The average Bonchev–Trinajstić information content (AvgIpc) is 2.65. The molecule has 3 unspecified atom stereocenters. The monoisotopic (exact) mass is 245 g/mol. The van der Waals surface area contributed by atoms with Crippen molar-refractivity contribution in [3.05, 3.63) is 0 Å². The molecule has 17 heavy (non-hydrogen) atoms. The van der Waals surface area contributed by atoms with E-state index in [0.717, 1.165) is 31.7 Å². The Bertz CT molecular complexity index is 242. The number of rotatable bonds is 4. The average molecular weight is 245 g/mol. The fourth-order valence-corrected chi connectivity index (χ4v) is 3.86. The molecule has 0 heterocycles. The predicted octanol–water partition coefficient (Wildman–Crippen LogP) is 3.84. The van der Waals surface area contributed by atoms with Crippen molar-refractivity contribution in [2.75, 3.05) is 13.6 Å². The molecule has 2 aliphatic carbocycles. The zero-order valence-electron chi connectivity index (χ0n) is 10.9. The first kappa shape index (κ1) is 13.3. The summed E-state index contributed by atoms with van der Waals surface area (Å²) < 4.78 is 26.7. The molecule has 0 spiro atoms. The Morgan fingerprint density at radius 2 is 1.88 bits per heavy atom. The second-order valence-corrected chi connectivity index (χ2v) is 6.06. The highest BCUT2D eigenvalue weighted by Crippen LogP contribution is 2.43. The van der Waals surface area contributed by atoms with Gasteiger partial charge in [0.05, 0.1) is 0 Å².